The van der Waals surface area contributed by atoms with Crippen molar-refractivity contribution in [2.45, 2.75) is 39.3 Å². The number of fused-ring (bicyclic) bond motifs is 1. The Balaban J connectivity index is 1.39. The third-order valence-corrected chi connectivity index (χ3v) is 5.91. The molecule has 0 spiro atoms. The van der Waals surface area contributed by atoms with Crippen molar-refractivity contribution in [2.24, 2.45) is 0 Å². The number of rotatable bonds is 9. The van der Waals surface area contributed by atoms with Crippen molar-refractivity contribution in [3.05, 3.63) is 72.1 Å². The average Bonchev–Trinajstić information content (AvgIpc) is 2.95. The molecule has 42 heavy (non-hydrogen) atoms. The molecule has 0 radical (unpaired) electrons. The first-order valence-corrected chi connectivity index (χ1v) is 13.5. The Bertz CT molecular complexity index is 1410. The van der Waals surface area contributed by atoms with E-state index in [9.17, 15) is 19.5 Å². The minimum atomic E-state index is -0.673. The highest BCUT2D eigenvalue weighted by atomic mass is 16.6. The molecule has 1 aliphatic heterocycles. The number of pyridine rings is 1. The van der Waals surface area contributed by atoms with Gasteiger partial charge in [0.25, 0.3) is 5.91 Å². The lowest BCUT2D eigenvalue weighted by Gasteiger charge is -2.24. The van der Waals surface area contributed by atoms with Gasteiger partial charge in [-0.15, -0.1) is 0 Å². The Labute approximate surface area is 244 Å². The number of urea groups is 1. The molecule has 0 saturated heterocycles. The largest absolute Gasteiger partial charge is 0.486 e. The normalized spacial score (nSPS) is 12.2. The van der Waals surface area contributed by atoms with E-state index >= 15 is 0 Å². The van der Waals surface area contributed by atoms with E-state index < -0.39 is 17.6 Å². The molecule has 12 heteroatoms. The number of carbonyl (C=O) groups is 3. The SMILES string of the molecule is CC(C)(C)OC(=O)Nc1ccccc1NC(=O)c1ccc(CN(CCCO)C(=O)Nc2ccc3c(c2)OCCO3)cn1. The number of para-hydroxylation sites is 2. The first-order chi connectivity index (χ1) is 20.1. The van der Waals surface area contributed by atoms with Gasteiger partial charge in [0.05, 0.1) is 11.4 Å². The summed E-state index contributed by atoms with van der Waals surface area (Å²) < 4.78 is 16.4. The van der Waals surface area contributed by atoms with Crippen LogP contribution in [-0.2, 0) is 11.3 Å². The van der Waals surface area contributed by atoms with Gasteiger partial charge in [0.15, 0.2) is 11.5 Å². The van der Waals surface area contributed by atoms with Gasteiger partial charge in [-0.3, -0.25) is 15.1 Å². The summed E-state index contributed by atoms with van der Waals surface area (Å²) in [6.07, 6.45) is 1.26. The van der Waals surface area contributed by atoms with Crippen LogP contribution in [0.5, 0.6) is 11.5 Å². The Morgan fingerprint density at radius 1 is 0.952 bits per heavy atom. The summed E-state index contributed by atoms with van der Waals surface area (Å²) in [6.45, 7) is 6.61. The second-order valence-electron chi connectivity index (χ2n) is 10.5. The van der Waals surface area contributed by atoms with Crippen molar-refractivity contribution < 1.29 is 33.7 Å². The maximum Gasteiger partial charge on any atom is 0.412 e. The van der Waals surface area contributed by atoms with Crippen molar-refractivity contribution in [3.63, 3.8) is 0 Å². The Hall–Kier alpha value is -4.84. The molecule has 0 atom stereocenters. The summed E-state index contributed by atoms with van der Waals surface area (Å²) in [5.41, 5.74) is 1.46. The number of hydrogen-bond acceptors (Lipinski definition) is 8. The summed E-state index contributed by atoms with van der Waals surface area (Å²) in [5, 5.41) is 17.6. The Morgan fingerprint density at radius 3 is 2.33 bits per heavy atom. The molecule has 4 rings (SSSR count). The van der Waals surface area contributed by atoms with Gasteiger partial charge in [0, 0.05) is 37.6 Å². The molecule has 4 amide bonds. The first kappa shape index (κ1) is 30.1. The van der Waals surface area contributed by atoms with Gasteiger partial charge in [-0.05, 0) is 63.1 Å². The number of amides is 4. The number of aliphatic hydroxyl groups excluding tert-OH is 1. The van der Waals surface area contributed by atoms with Crippen LogP contribution in [0.1, 0.15) is 43.2 Å². The molecule has 222 valence electrons. The smallest absolute Gasteiger partial charge is 0.412 e. The first-order valence-electron chi connectivity index (χ1n) is 13.5. The fourth-order valence-electron chi connectivity index (χ4n) is 4.01. The third-order valence-electron chi connectivity index (χ3n) is 5.91. The number of aromatic nitrogens is 1. The molecule has 4 N–H and O–H groups in total. The summed E-state index contributed by atoms with van der Waals surface area (Å²) in [6, 6.07) is 14.8. The Kier molecular flexibility index (Phi) is 9.81. The van der Waals surface area contributed by atoms with E-state index in [0.29, 0.717) is 60.3 Å². The molecule has 3 aromatic rings. The molecule has 0 aliphatic carbocycles. The fraction of sp³-hybridized carbons (Fsp3) is 0.333. The highest BCUT2D eigenvalue weighted by Crippen LogP contribution is 2.32. The van der Waals surface area contributed by atoms with E-state index in [1.54, 1.807) is 80.3 Å². The Morgan fingerprint density at radius 2 is 1.67 bits per heavy atom. The summed E-state index contributed by atoms with van der Waals surface area (Å²) in [4.78, 5) is 44.1. The van der Waals surface area contributed by atoms with Crippen molar-refractivity contribution in [3.8, 4) is 11.5 Å². The lowest BCUT2D eigenvalue weighted by atomic mass is 10.2. The van der Waals surface area contributed by atoms with Crippen LogP contribution >= 0.6 is 0 Å². The maximum absolute atomic E-state index is 13.1. The van der Waals surface area contributed by atoms with E-state index in [1.807, 2.05) is 0 Å². The molecule has 0 bridgehead atoms. The van der Waals surface area contributed by atoms with Crippen molar-refractivity contribution in [1.29, 1.82) is 0 Å². The zero-order valence-electron chi connectivity index (χ0n) is 23.8. The standard InChI is InChI=1S/C30H35N5O7/c1-30(2,3)42-29(39)34-23-8-5-4-7-22(23)33-27(37)24-11-9-20(18-31-24)19-35(13-6-14-36)28(38)32-21-10-12-25-26(17-21)41-16-15-40-25/h4-5,7-12,17-18,36H,6,13-16,19H2,1-3H3,(H,32,38)(H,33,37)(H,34,39). The van der Waals surface area contributed by atoms with Crippen molar-refractivity contribution in [1.82, 2.24) is 9.88 Å². The van der Waals surface area contributed by atoms with E-state index in [4.69, 9.17) is 14.2 Å². The second-order valence-corrected chi connectivity index (χ2v) is 10.5. The van der Waals surface area contributed by atoms with Gasteiger partial charge in [0.1, 0.15) is 24.5 Å². The van der Waals surface area contributed by atoms with Crippen LogP contribution in [0.15, 0.2) is 60.8 Å². The molecule has 2 aromatic carbocycles. The van der Waals surface area contributed by atoms with Gasteiger partial charge < -0.3 is 34.9 Å². The second kappa shape index (κ2) is 13.7. The highest BCUT2D eigenvalue weighted by molar-refractivity contribution is 6.05. The van der Waals surface area contributed by atoms with Crippen LogP contribution in [0, 0.1) is 0 Å². The highest BCUT2D eigenvalue weighted by Gasteiger charge is 2.19. The minimum Gasteiger partial charge on any atom is -0.486 e. The summed E-state index contributed by atoms with van der Waals surface area (Å²) >= 11 is 0. The lowest BCUT2D eigenvalue weighted by Crippen LogP contribution is -2.35. The topological polar surface area (TPSA) is 151 Å². The molecule has 1 aromatic heterocycles. The van der Waals surface area contributed by atoms with Gasteiger partial charge >= 0.3 is 12.1 Å². The van der Waals surface area contributed by atoms with Gasteiger partial charge in [-0.2, -0.15) is 0 Å². The zero-order valence-corrected chi connectivity index (χ0v) is 23.8. The fourth-order valence-corrected chi connectivity index (χ4v) is 4.01. The van der Waals surface area contributed by atoms with Gasteiger partial charge in [0.2, 0.25) is 0 Å². The van der Waals surface area contributed by atoms with Gasteiger partial charge in [-0.25, -0.2) is 9.59 Å². The van der Waals surface area contributed by atoms with Crippen molar-refractivity contribution in [2.75, 3.05) is 42.3 Å². The molecule has 0 unspecified atom stereocenters. The third kappa shape index (κ3) is 8.58. The predicted octanol–water partition coefficient (Wildman–Crippen LogP) is 4.87. The number of carbonyl (C=O) groups excluding carboxylic acids is 3. The van der Waals surface area contributed by atoms with E-state index in [2.05, 4.69) is 20.9 Å². The molecular formula is C30H35N5O7. The number of anilines is 3. The molecule has 2 heterocycles. The molecular weight excluding hydrogens is 542 g/mol. The number of hydrogen-bond donors (Lipinski definition) is 4. The van der Waals surface area contributed by atoms with Crippen LogP contribution in [0.25, 0.3) is 0 Å². The van der Waals surface area contributed by atoms with Crippen LogP contribution in [0.4, 0.5) is 26.7 Å². The molecule has 0 saturated carbocycles. The van der Waals surface area contributed by atoms with E-state index in [-0.39, 0.29) is 24.9 Å². The van der Waals surface area contributed by atoms with E-state index in [1.165, 1.54) is 6.20 Å². The number of nitrogens with zero attached hydrogens (tertiary/aromatic N) is 2. The summed E-state index contributed by atoms with van der Waals surface area (Å²) in [5.74, 6) is 0.699. The molecule has 12 nitrogen and oxygen atoms in total. The number of aliphatic hydroxyl groups is 1. The number of ether oxygens (including phenoxy) is 3. The number of benzene rings is 2. The predicted molar refractivity (Wildman–Crippen MR) is 157 cm³/mol. The number of nitrogens with one attached hydrogen (secondary N) is 3. The van der Waals surface area contributed by atoms with Crippen LogP contribution < -0.4 is 25.4 Å². The average molecular weight is 578 g/mol. The van der Waals surface area contributed by atoms with E-state index in [0.717, 1.165) is 0 Å². The quantitative estimate of drug-likeness (QED) is 0.281. The minimum absolute atomic E-state index is 0.0740. The van der Waals surface area contributed by atoms with Crippen LogP contribution in [0.2, 0.25) is 0 Å². The monoisotopic (exact) mass is 577 g/mol. The zero-order chi connectivity index (χ0) is 30.1. The summed E-state index contributed by atoms with van der Waals surface area (Å²) in [7, 11) is 0. The molecule has 1 aliphatic rings. The van der Waals surface area contributed by atoms with Crippen LogP contribution in [0.3, 0.4) is 0 Å². The molecule has 0 fully saturated rings. The lowest BCUT2D eigenvalue weighted by molar-refractivity contribution is 0.0635. The van der Waals surface area contributed by atoms with Crippen molar-refractivity contribution >= 4 is 35.1 Å². The maximum atomic E-state index is 13.1. The van der Waals surface area contributed by atoms with Gasteiger partial charge in [-0.1, -0.05) is 18.2 Å². The van der Waals surface area contributed by atoms with Crippen LogP contribution in [-0.4, -0.2) is 65.0 Å².